The summed E-state index contributed by atoms with van der Waals surface area (Å²) in [6.45, 7) is 4.21. The lowest BCUT2D eigenvalue weighted by molar-refractivity contribution is -0.134. The molecule has 0 spiro atoms. The van der Waals surface area contributed by atoms with Crippen LogP contribution in [0.15, 0.2) is 30.3 Å². The Kier molecular flexibility index (Phi) is 5.65. The van der Waals surface area contributed by atoms with Crippen LogP contribution in [-0.2, 0) is 9.53 Å². The number of ether oxygens (including phenoxy) is 1. The lowest BCUT2D eigenvalue weighted by Gasteiger charge is -2.37. The van der Waals surface area contributed by atoms with E-state index in [1.807, 2.05) is 35.2 Å². The third-order valence-electron chi connectivity index (χ3n) is 4.83. The van der Waals surface area contributed by atoms with Gasteiger partial charge in [-0.25, -0.2) is 0 Å². The molecule has 3 rings (SSSR count). The first-order valence-corrected chi connectivity index (χ1v) is 8.56. The van der Waals surface area contributed by atoms with Crippen LogP contribution < -0.4 is 0 Å². The molecule has 0 saturated carbocycles. The summed E-state index contributed by atoms with van der Waals surface area (Å²) in [5.74, 6) is 0.212. The van der Waals surface area contributed by atoms with Gasteiger partial charge in [-0.3, -0.25) is 9.69 Å². The summed E-state index contributed by atoms with van der Waals surface area (Å²) in [6.07, 6.45) is 2.31. The van der Waals surface area contributed by atoms with Gasteiger partial charge in [0.05, 0.1) is 25.9 Å². The molecule has 1 N–H and O–H groups in total. The maximum Gasteiger partial charge on any atom is 0.236 e. The Bertz CT molecular complexity index is 502. The van der Waals surface area contributed by atoms with E-state index in [0.717, 1.165) is 38.0 Å². The number of hydrogen-bond acceptors (Lipinski definition) is 4. The summed E-state index contributed by atoms with van der Waals surface area (Å²) in [5.41, 5.74) is 0.920. The van der Waals surface area contributed by atoms with Crippen molar-refractivity contribution in [3.05, 3.63) is 35.9 Å². The Morgan fingerprint density at radius 3 is 2.70 bits per heavy atom. The molecule has 0 aliphatic carbocycles. The molecule has 1 aromatic rings. The second-order valence-electron chi connectivity index (χ2n) is 6.45. The largest absolute Gasteiger partial charge is 0.388 e. The summed E-state index contributed by atoms with van der Waals surface area (Å²) in [4.78, 5) is 16.5. The van der Waals surface area contributed by atoms with Crippen LogP contribution in [0.4, 0.5) is 0 Å². The van der Waals surface area contributed by atoms with Crippen LogP contribution in [0.25, 0.3) is 0 Å². The van der Waals surface area contributed by atoms with Crippen LogP contribution in [0.5, 0.6) is 0 Å². The minimum Gasteiger partial charge on any atom is -0.388 e. The van der Waals surface area contributed by atoms with Gasteiger partial charge in [-0.15, -0.1) is 0 Å². The van der Waals surface area contributed by atoms with Crippen molar-refractivity contribution in [3.63, 3.8) is 0 Å². The molecule has 2 unspecified atom stereocenters. The van der Waals surface area contributed by atoms with Crippen molar-refractivity contribution >= 4 is 5.91 Å². The normalized spacial score (nSPS) is 23.9. The van der Waals surface area contributed by atoms with Gasteiger partial charge in [-0.2, -0.15) is 0 Å². The van der Waals surface area contributed by atoms with Gasteiger partial charge in [0.25, 0.3) is 0 Å². The van der Waals surface area contributed by atoms with Gasteiger partial charge in [0.1, 0.15) is 0 Å². The highest BCUT2D eigenvalue weighted by Gasteiger charge is 2.29. The topological polar surface area (TPSA) is 53.0 Å². The first kappa shape index (κ1) is 16.4. The van der Waals surface area contributed by atoms with Gasteiger partial charge in [-0.05, 0) is 24.8 Å². The number of morpholine rings is 1. The quantitative estimate of drug-likeness (QED) is 0.892. The zero-order valence-corrected chi connectivity index (χ0v) is 13.6. The maximum atomic E-state index is 12.4. The predicted octanol–water partition coefficient (Wildman–Crippen LogP) is 1.43. The van der Waals surface area contributed by atoms with Crippen molar-refractivity contribution in [1.82, 2.24) is 9.80 Å². The number of likely N-dealkylation sites (tertiary alicyclic amines) is 1. The van der Waals surface area contributed by atoms with Crippen molar-refractivity contribution < 1.29 is 14.6 Å². The van der Waals surface area contributed by atoms with E-state index in [9.17, 15) is 9.90 Å². The van der Waals surface area contributed by atoms with Gasteiger partial charge in [0.15, 0.2) is 0 Å². The molecule has 2 atom stereocenters. The molecule has 2 fully saturated rings. The van der Waals surface area contributed by atoms with Gasteiger partial charge < -0.3 is 14.7 Å². The fourth-order valence-corrected chi connectivity index (χ4v) is 3.42. The number of aliphatic hydroxyl groups excluding tert-OH is 1. The van der Waals surface area contributed by atoms with E-state index in [0.29, 0.717) is 26.2 Å². The summed E-state index contributed by atoms with van der Waals surface area (Å²) >= 11 is 0. The van der Waals surface area contributed by atoms with Gasteiger partial charge in [0, 0.05) is 25.7 Å². The Labute approximate surface area is 137 Å². The maximum absolute atomic E-state index is 12.4. The Morgan fingerprint density at radius 1 is 1.22 bits per heavy atom. The number of benzene rings is 1. The minimum atomic E-state index is -0.521. The zero-order valence-electron chi connectivity index (χ0n) is 13.6. The molecule has 1 amide bonds. The monoisotopic (exact) mass is 318 g/mol. The molecule has 1 aromatic carbocycles. The molecule has 0 bridgehead atoms. The average molecular weight is 318 g/mol. The number of carbonyl (C=O) groups excluding carboxylic acids is 1. The van der Waals surface area contributed by atoms with E-state index >= 15 is 0 Å². The lowest BCUT2D eigenvalue weighted by Crippen LogP contribution is -2.50. The van der Waals surface area contributed by atoms with Crippen LogP contribution >= 0.6 is 0 Å². The first-order valence-electron chi connectivity index (χ1n) is 8.56. The van der Waals surface area contributed by atoms with Crippen molar-refractivity contribution in [3.8, 4) is 0 Å². The summed E-state index contributed by atoms with van der Waals surface area (Å²) in [5, 5.41) is 10.5. The number of amides is 1. The number of aliphatic hydroxyl groups is 1. The van der Waals surface area contributed by atoms with E-state index in [1.54, 1.807) is 0 Å². The highest BCUT2D eigenvalue weighted by atomic mass is 16.5. The second kappa shape index (κ2) is 7.90. The van der Waals surface area contributed by atoms with Crippen LogP contribution in [0.3, 0.4) is 0 Å². The van der Waals surface area contributed by atoms with Crippen LogP contribution in [0.1, 0.15) is 30.9 Å². The molecule has 5 heteroatoms. The van der Waals surface area contributed by atoms with Crippen molar-refractivity contribution in [1.29, 1.82) is 0 Å². The smallest absolute Gasteiger partial charge is 0.236 e. The van der Waals surface area contributed by atoms with E-state index in [1.165, 1.54) is 0 Å². The molecular weight excluding hydrogens is 292 g/mol. The Hall–Kier alpha value is -1.43. The molecule has 2 aliphatic rings. The fourth-order valence-electron chi connectivity index (χ4n) is 3.42. The Morgan fingerprint density at radius 2 is 1.96 bits per heavy atom. The van der Waals surface area contributed by atoms with Crippen LogP contribution in [0, 0.1) is 0 Å². The van der Waals surface area contributed by atoms with Crippen molar-refractivity contribution in [2.24, 2.45) is 0 Å². The highest BCUT2D eigenvalue weighted by molar-refractivity contribution is 5.78. The van der Waals surface area contributed by atoms with Gasteiger partial charge in [-0.1, -0.05) is 30.3 Å². The number of hydrogen-bond donors (Lipinski definition) is 1. The van der Waals surface area contributed by atoms with Crippen molar-refractivity contribution in [2.75, 3.05) is 39.4 Å². The van der Waals surface area contributed by atoms with E-state index in [-0.39, 0.29) is 11.9 Å². The third-order valence-corrected chi connectivity index (χ3v) is 4.83. The minimum absolute atomic E-state index is 0.0884. The molecule has 5 nitrogen and oxygen atoms in total. The highest BCUT2D eigenvalue weighted by Crippen LogP contribution is 2.22. The zero-order chi connectivity index (χ0) is 16.1. The van der Waals surface area contributed by atoms with Crippen molar-refractivity contribution in [2.45, 2.75) is 31.4 Å². The van der Waals surface area contributed by atoms with E-state index in [2.05, 4.69) is 4.90 Å². The molecule has 0 aromatic heterocycles. The van der Waals surface area contributed by atoms with Gasteiger partial charge in [0.2, 0.25) is 5.91 Å². The first-order chi connectivity index (χ1) is 11.2. The molecular formula is C18H26N2O3. The number of nitrogens with zero attached hydrogens (tertiary/aromatic N) is 2. The summed E-state index contributed by atoms with van der Waals surface area (Å²) in [6, 6.07) is 9.78. The molecule has 23 heavy (non-hydrogen) atoms. The molecule has 0 radical (unpaired) electrons. The lowest BCUT2D eigenvalue weighted by atomic mass is 10.0. The Balaban J connectivity index is 1.58. The SMILES string of the molecule is O=C(CN1CCOCC1CC(O)c1ccccc1)N1CCCC1. The third kappa shape index (κ3) is 4.31. The van der Waals surface area contributed by atoms with Crippen LogP contribution in [0.2, 0.25) is 0 Å². The molecule has 2 saturated heterocycles. The van der Waals surface area contributed by atoms with E-state index in [4.69, 9.17) is 4.74 Å². The molecule has 126 valence electrons. The molecule has 2 heterocycles. The average Bonchev–Trinajstić information content (AvgIpc) is 3.12. The number of rotatable bonds is 5. The predicted molar refractivity (Wildman–Crippen MR) is 88.0 cm³/mol. The van der Waals surface area contributed by atoms with Crippen LogP contribution in [-0.4, -0.2) is 66.2 Å². The second-order valence-corrected chi connectivity index (χ2v) is 6.45. The summed E-state index contributed by atoms with van der Waals surface area (Å²) < 4.78 is 5.58. The van der Waals surface area contributed by atoms with E-state index < -0.39 is 6.10 Å². The van der Waals surface area contributed by atoms with Gasteiger partial charge >= 0.3 is 0 Å². The fraction of sp³-hybridized carbons (Fsp3) is 0.611. The standard InChI is InChI=1S/C18H26N2O3/c21-17(15-6-2-1-3-7-15)12-16-14-23-11-10-20(16)13-18(22)19-8-4-5-9-19/h1-3,6-7,16-17,21H,4-5,8-14H2. The number of carbonyl (C=O) groups is 1. The summed E-state index contributed by atoms with van der Waals surface area (Å²) in [7, 11) is 0. The molecule has 2 aliphatic heterocycles.